The maximum atomic E-state index is 12.4. The van der Waals surface area contributed by atoms with Gasteiger partial charge in [0.05, 0.1) is 11.4 Å². The zero-order valence-electron chi connectivity index (χ0n) is 16.7. The number of aryl methyl sites for hydroxylation is 1. The highest BCUT2D eigenvalue weighted by Crippen LogP contribution is 2.35. The second kappa shape index (κ2) is 8.27. The summed E-state index contributed by atoms with van der Waals surface area (Å²) in [6.45, 7) is 2.32. The van der Waals surface area contributed by atoms with Crippen LogP contribution < -0.4 is 14.8 Å². The summed E-state index contributed by atoms with van der Waals surface area (Å²) in [6.07, 6.45) is 0.964. The number of rotatable bonds is 6. The Morgan fingerprint density at radius 2 is 1.90 bits per heavy atom. The lowest BCUT2D eigenvalue weighted by Gasteiger charge is -2.06. The van der Waals surface area contributed by atoms with Crippen LogP contribution in [0.15, 0.2) is 59.8 Å². The number of nitrogens with one attached hydrogen (secondary N) is 1. The minimum Gasteiger partial charge on any atom is -0.454 e. The number of hydrogen-bond acceptors (Lipinski definition) is 7. The number of carbonyl (C=O) groups excluding carboxylic acids is 1. The number of amides is 1. The number of anilines is 1. The summed E-state index contributed by atoms with van der Waals surface area (Å²) in [5.41, 5.74) is 4.25. The van der Waals surface area contributed by atoms with Gasteiger partial charge in [-0.15, -0.1) is 10.2 Å². The molecule has 0 fully saturated rings. The van der Waals surface area contributed by atoms with Crippen molar-refractivity contribution in [1.29, 1.82) is 0 Å². The van der Waals surface area contributed by atoms with Crippen LogP contribution in [0.4, 0.5) is 5.69 Å². The maximum absolute atomic E-state index is 12.4. The Bertz CT molecular complexity index is 1260. The minimum absolute atomic E-state index is 0.113. The highest BCUT2D eigenvalue weighted by molar-refractivity contribution is 7.99. The number of benzene rings is 2. The smallest absolute Gasteiger partial charge is 0.234 e. The molecule has 1 N–H and O–H groups in total. The van der Waals surface area contributed by atoms with E-state index in [1.165, 1.54) is 17.3 Å². The van der Waals surface area contributed by atoms with Crippen LogP contribution in [0.5, 0.6) is 11.5 Å². The van der Waals surface area contributed by atoms with Gasteiger partial charge in [-0.1, -0.05) is 30.8 Å². The topological polar surface area (TPSA) is 90.6 Å². The Hall–Kier alpha value is -3.59. The predicted molar refractivity (Wildman–Crippen MR) is 118 cm³/mol. The summed E-state index contributed by atoms with van der Waals surface area (Å²) in [6, 6.07) is 17.2. The number of hydrogen-bond donors (Lipinski definition) is 1. The molecule has 0 aliphatic carbocycles. The van der Waals surface area contributed by atoms with Crippen LogP contribution in [0.2, 0.25) is 0 Å². The minimum atomic E-state index is -0.113. The van der Waals surface area contributed by atoms with Crippen molar-refractivity contribution in [2.45, 2.75) is 18.5 Å². The molecule has 0 atom stereocenters. The normalized spacial score (nSPS) is 12.3. The predicted octanol–water partition coefficient (Wildman–Crippen LogP) is 3.81. The van der Waals surface area contributed by atoms with Crippen LogP contribution in [-0.4, -0.2) is 38.3 Å². The first-order valence-corrected chi connectivity index (χ1v) is 10.8. The molecule has 0 saturated heterocycles. The first-order chi connectivity index (χ1) is 15.2. The van der Waals surface area contributed by atoms with Gasteiger partial charge in [-0.2, -0.15) is 9.61 Å². The lowest BCUT2D eigenvalue weighted by Crippen LogP contribution is -2.14. The van der Waals surface area contributed by atoms with Crippen LogP contribution in [0, 0.1) is 0 Å². The van der Waals surface area contributed by atoms with Crippen molar-refractivity contribution in [1.82, 2.24) is 19.8 Å². The lowest BCUT2D eigenvalue weighted by molar-refractivity contribution is -0.113. The Balaban J connectivity index is 1.31. The fourth-order valence-electron chi connectivity index (χ4n) is 3.22. The molecule has 8 nitrogen and oxygen atoms in total. The molecule has 9 heteroatoms. The fourth-order valence-corrected chi connectivity index (χ4v) is 3.91. The van der Waals surface area contributed by atoms with Crippen LogP contribution in [0.25, 0.3) is 16.9 Å². The van der Waals surface area contributed by atoms with Crippen LogP contribution in [0.1, 0.15) is 12.5 Å². The van der Waals surface area contributed by atoms with E-state index in [-0.39, 0.29) is 18.5 Å². The first kappa shape index (κ1) is 19.4. The number of carbonyl (C=O) groups is 1. The SMILES string of the molecule is CCc1ccc(NC(=O)CSc2nnc3ccc(-c4ccc5c(c4)OCO5)nn23)cc1. The van der Waals surface area contributed by atoms with Crippen LogP contribution in [0.3, 0.4) is 0 Å². The van der Waals surface area contributed by atoms with Crippen molar-refractivity contribution >= 4 is 29.0 Å². The molecule has 0 saturated carbocycles. The maximum Gasteiger partial charge on any atom is 0.234 e. The van der Waals surface area contributed by atoms with Crippen molar-refractivity contribution in [2.24, 2.45) is 0 Å². The molecule has 1 aliphatic rings. The average Bonchev–Trinajstić information content (AvgIpc) is 3.44. The Morgan fingerprint density at radius 3 is 2.74 bits per heavy atom. The number of aromatic nitrogens is 4. The molecular weight excluding hydrogens is 414 g/mol. The molecule has 2 aromatic heterocycles. The highest BCUT2D eigenvalue weighted by Gasteiger charge is 2.16. The summed E-state index contributed by atoms with van der Waals surface area (Å²) in [5.74, 6) is 1.51. The van der Waals surface area contributed by atoms with E-state index in [1.54, 1.807) is 4.52 Å². The third-order valence-corrected chi connectivity index (χ3v) is 5.80. The van der Waals surface area contributed by atoms with Crippen LogP contribution >= 0.6 is 11.8 Å². The monoisotopic (exact) mass is 433 g/mol. The van der Waals surface area contributed by atoms with Gasteiger partial charge < -0.3 is 14.8 Å². The number of nitrogens with zero attached hydrogens (tertiary/aromatic N) is 4. The van der Waals surface area contributed by atoms with Crippen molar-refractivity contribution in [3.63, 3.8) is 0 Å². The van der Waals surface area contributed by atoms with Gasteiger partial charge in [-0.25, -0.2) is 0 Å². The van der Waals surface area contributed by atoms with Gasteiger partial charge in [0.2, 0.25) is 17.9 Å². The van der Waals surface area contributed by atoms with Gasteiger partial charge in [0.25, 0.3) is 0 Å². The van der Waals surface area contributed by atoms with Crippen molar-refractivity contribution in [3.8, 4) is 22.8 Å². The number of fused-ring (bicyclic) bond motifs is 2. The second-order valence-corrected chi connectivity index (χ2v) is 7.87. The Labute approximate surface area is 182 Å². The molecule has 0 radical (unpaired) electrons. The van der Waals surface area contributed by atoms with Crippen LogP contribution in [-0.2, 0) is 11.2 Å². The van der Waals surface area contributed by atoms with Gasteiger partial charge in [0, 0.05) is 11.3 Å². The van der Waals surface area contributed by atoms with Crippen molar-refractivity contribution in [3.05, 3.63) is 60.2 Å². The molecule has 31 heavy (non-hydrogen) atoms. The third-order valence-electron chi connectivity index (χ3n) is 4.88. The van der Waals surface area contributed by atoms with Gasteiger partial charge in [0.1, 0.15) is 0 Å². The summed E-state index contributed by atoms with van der Waals surface area (Å²) >= 11 is 1.29. The number of ether oxygens (including phenoxy) is 2. The molecule has 0 bridgehead atoms. The molecule has 4 aromatic rings. The molecule has 0 unspecified atom stereocenters. The summed E-state index contributed by atoms with van der Waals surface area (Å²) in [7, 11) is 0. The fraction of sp³-hybridized carbons (Fsp3) is 0.182. The highest BCUT2D eigenvalue weighted by atomic mass is 32.2. The molecule has 3 heterocycles. The van der Waals surface area contributed by atoms with E-state index < -0.39 is 0 Å². The third kappa shape index (κ3) is 4.04. The molecule has 1 aliphatic heterocycles. The summed E-state index contributed by atoms with van der Waals surface area (Å²) in [4.78, 5) is 12.4. The van der Waals surface area contributed by atoms with E-state index in [1.807, 2.05) is 54.6 Å². The standard InChI is InChI=1S/C22H19N5O3S/c1-2-14-3-6-16(7-4-14)23-21(28)12-31-22-25-24-20-10-8-17(26-27(20)22)15-5-9-18-19(11-15)30-13-29-18/h3-11H,2,12-13H2,1H3,(H,23,28). The van der Waals surface area contributed by atoms with E-state index >= 15 is 0 Å². The lowest BCUT2D eigenvalue weighted by atomic mass is 10.1. The Kier molecular flexibility index (Phi) is 5.17. The van der Waals surface area contributed by atoms with Crippen molar-refractivity contribution < 1.29 is 14.3 Å². The van der Waals surface area contributed by atoms with Crippen molar-refractivity contribution in [2.75, 3.05) is 17.9 Å². The largest absolute Gasteiger partial charge is 0.454 e. The van der Waals surface area contributed by atoms with Gasteiger partial charge in [-0.05, 0) is 54.4 Å². The van der Waals surface area contributed by atoms with Gasteiger partial charge in [-0.3, -0.25) is 4.79 Å². The Morgan fingerprint density at radius 1 is 1.06 bits per heavy atom. The van der Waals surface area contributed by atoms with E-state index in [2.05, 4.69) is 27.5 Å². The average molecular weight is 433 g/mol. The van der Waals surface area contributed by atoms with E-state index in [9.17, 15) is 4.79 Å². The van der Waals surface area contributed by atoms with Gasteiger partial charge >= 0.3 is 0 Å². The summed E-state index contributed by atoms with van der Waals surface area (Å²) in [5, 5.41) is 16.4. The quantitative estimate of drug-likeness (QED) is 0.462. The molecule has 156 valence electrons. The molecule has 0 spiro atoms. The number of thioether (sulfide) groups is 1. The molecule has 5 rings (SSSR count). The van der Waals surface area contributed by atoms with E-state index in [0.717, 1.165) is 29.1 Å². The zero-order chi connectivity index (χ0) is 21.2. The zero-order valence-corrected chi connectivity index (χ0v) is 17.6. The van der Waals surface area contributed by atoms with E-state index in [4.69, 9.17) is 9.47 Å². The molecular formula is C22H19N5O3S. The van der Waals surface area contributed by atoms with Gasteiger partial charge in [0.15, 0.2) is 17.1 Å². The summed E-state index contributed by atoms with van der Waals surface area (Å²) < 4.78 is 12.5. The first-order valence-electron chi connectivity index (χ1n) is 9.83. The molecule has 1 amide bonds. The van der Waals surface area contributed by atoms with E-state index in [0.29, 0.717) is 16.6 Å². The molecule has 2 aromatic carbocycles. The second-order valence-electron chi connectivity index (χ2n) is 6.93.